The Morgan fingerprint density at radius 3 is 1.78 bits per heavy atom. The van der Waals surface area contributed by atoms with Crippen LogP contribution in [-0.2, 0) is 5.41 Å². The molecule has 0 unspecified atom stereocenters. The summed E-state index contributed by atoms with van der Waals surface area (Å²) in [5.74, 6) is 0.574. The van der Waals surface area contributed by atoms with Crippen molar-refractivity contribution in [2.45, 2.75) is 57.3 Å². The smallest absolute Gasteiger partial charge is 0.252 e. The fraction of sp³-hybridized carbons (Fsp3) is 0.176. The Labute approximate surface area is 319 Å². The van der Waals surface area contributed by atoms with Gasteiger partial charge in [0.15, 0.2) is 0 Å². The highest BCUT2D eigenvalue weighted by Crippen LogP contribution is 2.50. The lowest BCUT2D eigenvalue weighted by Crippen LogP contribution is -2.61. The summed E-state index contributed by atoms with van der Waals surface area (Å²) in [7, 11) is 0. The Balaban J connectivity index is 1.17. The molecule has 0 saturated heterocycles. The SMILES string of the molecule is CC1(C)c2ccccc2-c2ccc(-c3ccc4c(c3)B3c5ccccc5N(c5ccccc5)c5cc(C6CCCCC6)cc(c53)N4c3ccccc3)cc21. The maximum absolute atomic E-state index is 2.57. The third kappa shape index (κ3) is 4.67. The molecule has 2 heterocycles. The van der Waals surface area contributed by atoms with Crippen LogP contribution in [0.2, 0.25) is 0 Å². The van der Waals surface area contributed by atoms with Crippen LogP contribution in [0.3, 0.4) is 0 Å². The van der Waals surface area contributed by atoms with Crippen molar-refractivity contribution in [1.82, 2.24) is 0 Å². The third-order valence-corrected chi connectivity index (χ3v) is 13.0. The predicted molar refractivity (Wildman–Crippen MR) is 229 cm³/mol. The number of fused-ring (bicyclic) bond motifs is 7. The van der Waals surface area contributed by atoms with Gasteiger partial charge in [-0.3, -0.25) is 0 Å². The van der Waals surface area contributed by atoms with Gasteiger partial charge in [-0.1, -0.05) is 136 Å². The first-order valence-corrected chi connectivity index (χ1v) is 19.9. The summed E-state index contributed by atoms with van der Waals surface area (Å²) in [5, 5.41) is 0. The molecule has 2 aliphatic carbocycles. The highest BCUT2D eigenvalue weighted by Gasteiger charge is 2.44. The van der Waals surface area contributed by atoms with Crippen LogP contribution in [0.25, 0.3) is 22.3 Å². The molecule has 0 radical (unpaired) electrons. The first kappa shape index (κ1) is 31.7. The normalized spacial score (nSPS) is 16.3. The van der Waals surface area contributed by atoms with Crippen LogP contribution >= 0.6 is 0 Å². The Morgan fingerprint density at radius 2 is 1.06 bits per heavy atom. The molecule has 3 heteroatoms. The molecule has 260 valence electrons. The number of anilines is 6. The summed E-state index contributed by atoms with van der Waals surface area (Å²) >= 11 is 0. The molecule has 0 N–H and O–H groups in total. The highest BCUT2D eigenvalue weighted by molar-refractivity contribution is 7.00. The molecule has 4 aliphatic rings. The predicted octanol–water partition coefficient (Wildman–Crippen LogP) is 11.8. The van der Waals surface area contributed by atoms with E-state index in [0.29, 0.717) is 5.92 Å². The molecular weight excluding hydrogens is 651 g/mol. The minimum Gasteiger partial charge on any atom is -0.311 e. The molecule has 1 saturated carbocycles. The fourth-order valence-corrected chi connectivity index (χ4v) is 10.4. The second-order valence-corrected chi connectivity index (χ2v) is 16.3. The van der Waals surface area contributed by atoms with Crippen molar-refractivity contribution in [1.29, 1.82) is 0 Å². The van der Waals surface area contributed by atoms with Crippen LogP contribution in [0.4, 0.5) is 34.1 Å². The molecule has 2 nitrogen and oxygen atoms in total. The number of para-hydroxylation sites is 3. The van der Waals surface area contributed by atoms with E-state index in [1.165, 1.54) is 122 Å². The number of rotatable bonds is 4. The van der Waals surface area contributed by atoms with Gasteiger partial charge in [0.2, 0.25) is 0 Å². The van der Waals surface area contributed by atoms with Crippen molar-refractivity contribution < 1.29 is 0 Å². The van der Waals surface area contributed by atoms with E-state index >= 15 is 0 Å². The molecule has 0 atom stereocenters. The first-order valence-electron chi connectivity index (χ1n) is 19.9. The first-order chi connectivity index (χ1) is 26.6. The minimum absolute atomic E-state index is 0.0483. The van der Waals surface area contributed by atoms with E-state index in [2.05, 4.69) is 181 Å². The molecule has 7 aromatic rings. The van der Waals surface area contributed by atoms with Gasteiger partial charge in [-0.15, -0.1) is 0 Å². The van der Waals surface area contributed by atoms with E-state index in [1.807, 2.05) is 0 Å². The van der Waals surface area contributed by atoms with Crippen molar-refractivity contribution in [3.63, 3.8) is 0 Å². The van der Waals surface area contributed by atoms with E-state index in [4.69, 9.17) is 0 Å². The second-order valence-electron chi connectivity index (χ2n) is 16.3. The van der Waals surface area contributed by atoms with Gasteiger partial charge in [0.05, 0.1) is 0 Å². The monoisotopic (exact) mass is 694 g/mol. The lowest BCUT2D eigenvalue weighted by Gasteiger charge is -2.45. The second kappa shape index (κ2) is 12.1. The van der Waals surface area contributed by atoms with Gasteiger partial charge in [-0.25, -0.2) is 0 Å². The molecule has 7 aromatic carbocycles. The van der Waals surface area contributed by atoms with Crippen LogP contribution in [0.1, 0.15) is 68.6 Å². The Bertz CT molecular complexity index is 2570. The standard InChI is InChI=1S/C51H43BN2/c1-51(2)42-23-13-12-22-40(42)41-28-26-35(30-43(41)51)36-27-29-47-45(31-36)52-44-24-14-15-25-46(44)53(38-18-8-4-9-19-38)48-32-37(34-16-6-3-7-17-34)33-49(50(48)52)54(47)39-20-10-5-11-21-39/h4-5,8-15,18-34H,3,6-7,16-17H2,1-2H3. The summed E-state index contributed by atoms with van der Waals surface area (Å²) in [6, 6.07) is 59.8. The molecule has 0 bridgehead atoms. The summed E-state index contributed by atoms with van der Waals surface area (Å²) < 4.78 is 0. The van der Waals surface area contributed by atoms with E-state index in [-0.39, 0.29) is 12.1 Å². The van der Waals surface area contributed by atoms with Gasteiger partial charge in [-0.05, 0) is 129 Å². The average Bonchev–Trinajstić information content (AvgIpc) is 3.46. The van der Waals surface area contributed by atoms with E-state index in [9.17, 15) is 0 Å². The maximum Gasteiger partial charge on any atom is 0.252 e. The summed E-state index contributed by atoms with van der Waals surface area (Å²) in [4.78, 5) is 5.12. The Hall–Kier alpha value is -5.80. The topological polar surface area (TPSA) is 6.48 Å². The molecule has 2 aliphatic heterocycles. The van der Waals surface area contributed by atoms with Crippen molar-refractivity contribution >= 4 is 57.2 Å². The quantitative estimate of drug-likeness (QED) is 0.169. The zero-order chi connectivity index (χ0) is 36.0. The van der Waals surface area contributed by atoms with Crippen molar-refractivity contribution in [2.24, 2.45) is 0 Å². The summed E-state index contributed by atoms with van der Waals surface area (Å²) in [5.41, 5.74) is 21.2. The Morgan fingerprint density at radius 1 is 0.481 bits per heavy atom. The van der Waals surface area contributed by atoms with Crippen molar-refractivity contribution in [3.05, 3.63) is 174 Å². The van der Waals surface area contributed by atoms with E-state index < -0.39 is 0 Å². The fourth-order valence-electron chi connectivity index (χ4n) is 10.4. The van der Waals surface area contributed by atoms with E-state index in [1.54, 1.807) is 0 Å². The molecule has 0 amide bonds. The lowest BCUT2D eigenvalue weighted by atomic mass is 9.33. The molecular formula is C51H43BN2. The number of hydrogen-bond acceptors (Lipinski definition) is 2. The summed E-state index contributed by atoms with van der Waals surface area (Å²) in [6.07, 6.45) is 6.49. The highest BCUT2D eigenvalue weighted by atomic mass is 15.2. The summed E-state index contributed by atoms with van der Waals surface area (Å²) in [6.45, 7) is 4.85. The van der Waals surface area contributed by atoms with Crippen LogP contribution in [0.15, 0.2) is 158 Å². The molecule has 54 heavy (non-hydrogen) atoms. The van der Waals surface area contributed by atoms with Gasteiger partial charge in [0.25, 0.3) is 6.71 Å². The van der Waals surface area contributed by atoms with Crippen LogP contribution in [0, 0.1) is 0 Å². The largest absolute Gasteiger partial charge is 0.311 e. The lowest BCUT2D eigenvalue weighted by molar-refractivity contribution is 0.444. The van der Waals surface area contributed by atoms with E-state index in [0.717, 1.165) is 0 Å². The average molecular weight is 695 g/mol. The van der Waals surface area contributed by atoms with Gasteiger partial charge in [-0.2, -0.15) is 0 Å². The van der Waals surface area contributed by atoms with Gasteiger partial charge >= 0.3 is 0 Å². The molecule has 0 aromatic heterocycles. The zero-order valence-corrected chi connectivity index (χ0v) is 31.1. The Kier molecular flexibility index (Phi) is 7.11. The van der Waals surface area contributed by atoms with Gasteiger partial charge in [0, 0.05) is 39.5 Å². The third-order valence-electron chi connectivity index (χ3n) is 13.0. The van der Waals surface area contributed by atoms with Crippen molar-refractivity contribution in [3.8, 4) is 22.3 Å². The zero-order valence-electron chi connectivity index (χ0n) is 31.1. The molecule has 11 rings (SSSR count). The molecule has 1 fully saturated rings. The van der Waals surface area contributed by atoms with Gasteiger partial charge in [0.1, 0.15) is 0 Å². The van der Waals surface area contributed by atoms with Crippen LogP contribution in [-0.4, -0.2) is 6.71 Å². The number of nitrogens with zero attached hydrogens (tertiary/aromatic N) is 2. The number of hydrogen-bond donors (Lipinski definition) is 0. The van der Waals surface area contributed by atoms with Crippen LogP contribution in [0.5, 0.6) is 0 Å². The van der Waals surface area contributed by atoms with Crippen molar-refractivity contribution in [2.75, 3.05) is 9.80 Å². The molecule has 0 spiro atoms. The van der Waals surface area contributed by atoms with Gasteiger partial charge < -0.3 is 9.80 Å². The van der Waals surface area contributed by atoms with Crippen LogP contribution < -0.4 is 26.2 Å². The number of benzene rings is 7. The minimum atomic E-state index is -0.0483. The maximum atomic E-state index is 2.57.